The molecule has 0 atom stereocenters. The first kappa shape index (κ1) is 19.3. The van der Waals surface area contributed by atoms with Crippen molar-refractivity contribution in [3.63, 3.8) is 0 Å². The summed E-state index contributed by atoms with van der Waals surface area (Å²) in [7, 11) is 0. The van der Waals surface area contributed by atoms with Crippen LogP contribution < -0.4 is 21.5 Å². The molecule has 8 nitrogen and oxygen atoms in total. The highest BCUT2D eigenvalue weighted by Gasteiger charge is 2.16. The van der Waals surface area contributed by atoms with Gasteiger partial charge < -0.3 is 20.8 Å². The van der Waals surface area contributed by atoms with E-state index in [1.807, 2.05) is 48.5 Å². The first-order valence-electron chi connectivity index (χ1n) is 10.5. The van der Waals surface area contributed by atoms with Gasteiger partial charge in [-0.25, -0.2) is 4.79 Å². The number of aromatic nitrogens is 4. The van der Waals surface area contributed by atoms with E-state index in [-0.39, 0.29) is 0 Å². The molecule has 1 aliphatic heterocycles. The van der Waals surface area contributed by atoms with Crippen molar-refractivity contribution in [2.24, 2.45) is 5.92 Å². The minimum Gasteiger partial charge on any atom is -0.493 e. The number of rotatable bonds is 5. The van der Waals surface area contributed by atoms with E-state index in [2.05, 4.69) is 25.5 Å². The smallest absolute Gasteiger partial charge is 0.345 e. The highest BCUT2D eigenvalue weighted by atomic mass is 16.5. The first-order valence-corrected chi connectivity index (χ1v) is 10.5. The molecule has 5 N–H and O–H groups in total. The summed E-state index contributed by atoms with van der Waals surface area (Å²) in [6, 6.07) is 15.3. The van der Waals surface area contributed by atoms with Crippen LogP contribution in [-0.2, 0) is 0 Å². The molecule has 3 heterocycles. The summed E-state index contributed by atoms with van der Waals surface area (Å²) in [5, 5.41) is 11.1. The maximum Gasteiger partial charge on any atom is 0.345 e. The number of benzene rings is 2. The van der Waals surface area contributed by atoms with E-state index in [1.54, 1.807) is 0 Å². The molecular weight excluding hydrogens is 392 g/mol. The van der Waals surface area contributed by atoms with Crippen molar-refractivity contribution in [3.8, 4) is 28.3 Å². The van der Waals surface area contributed by atoms with Crippen LogP contribution in [0.15, 0.2) is 53.3 Å². The molecule has 1 aliphatic rings. The number of nitrogens with one attached hydrogen (secondary N) is 3. The number of piperidine rings is 1. The quantitative estimate of drug-likeness (QED) is 0.397. The minimum absolute atomic E-state index is 0.415. The molecule has 4 aromatic rings. The van der Waals surface area contributed by atoms with Gasteiger partial charge in [0.1, 0.15) is 5.75 Å². The molecular formula is C23H24N6O2. The maximum absolute atomic E-state index is 12.4. The highest BCUT2D eigenvalue weighted by molar-refractivity contribution is 5.92. The zero-order valence-electron chi connectivity index (χ0n) is 17.0. The number of nitrogens with zero attached hydrogens (tertiary/aromatic N) is 2. The summed E-state index contributed by atoms with van der Waals surface area (Å²) >= 11 is 0. The normalized spacial score (nSPS) is 14.7. The van der Waals surface area contributed by atoms with Crippen molar-refractivity contribution in [1.82, 2.24) is 25.5 Å². The molecule has 1 saturated heterocycles. The van der Waals surface area contributed by atoms with Gasteiger partial charge in [0.15, 0.2) is 5.82 Å². The highest BCUT2D eigenvalue weighted by Crippen LogP contribution is 2.31. The Morgan fingerprint density at radius 3 is 2.81 bits per heavy atom. The summed E-state index contributed by atoms with van der Waals surface area (Å²) in [5.41, 5.74) is 9.21. The molecule has 8 heteroatoms. The van der Waals surface area contributed by atoms with E-state index in [9.17, 15) is 4.79 Å². The molecule has 2 aromatic carbocycles. The number of ether oxygens (including phenoxy) is 1. The van der Waals surface area contributed by atoms with Crippen molar-refractivity contribution in [1.29, 1.82) is 0 Å². The van der Waals surface area contributed by atoms with Crippen LogP contribution in [0.2, 0.25) is 0 Å². The van der Waals surface area contributed by atoms with Gasteiger partial charge in [-0.2, -0.15) is 10.1 Å². The van der Waals surface area contributed by atoms with Gasteiger partial charge in [0.05, 0.1) is 23.5 Å². The number of hydrogen-bond acceptors (Lipinski definition) is 6. The van der Waals surface area contributed by atoms with Gasteiger partial charge in [0.25, 0.3) is 0 Å². The Labute approximate surface area is 178 Å². The Bertz CT molecular complexity index is 1270. The molecule has 5 rings (SSSR count). The van der Waals surface area contributed by atoms with Gasteiger partial charge in [-0.05, 0) is 62.2 Å². The van der Waals surface area contributed by atoms with Gasteiger partial charge >= 0.3 is 5.69 Å². The number of anilines is 1. The summed E-state index contributed by atoms with van der Waals surface area (Å²) in [5.74, 6) is 1.70. The average molecular weight is 416 g/mol. The van der Waals surface area contributed by atoms with E-state index in [4.69, 9.17) is 10.5 Å². The van der Waals surface area contributed by atoms with Crippen LogP contribution in [0, 0.1) is 5.92 Å². The summed E-state index contributed by atoms with van der Waals surface area (Å²) in [6.07, 6.45) is 2.22. The van der Waals surface area contributed by atoms with E-state index >= 15 is 0 Å². The topological polar surface area (TPSA) is 122 Å². The largest absolute Gasteiger partial charge is 0.493 e. The molecule has 0 spiro atoms. The van der Waals surface area contributed by atoms with E-state index in [1.165, 1.54) is 0 Å². The predicted molar refractivity (Wildman–Crippen MR) is 121 cm³/mol. The van der Waals surface area contributed by atoms with E-state index in [0.29, 0.717) is 29.7 Å². The monoisotopic (exact) mass is 416 g/mol. The Balaban J connectivity index is 1.49. The number of aromatic amines is 2. The van der Waals surface area contributed by atoms with Gasteiger partial charge in [0.2, 0.25) is 0 Å². The second kappa shape index (κ2) is 8.23. The van der Waals surface area contributed by atoms with Crippen LogP contribution >= 0.6 is 0 Å². The number of nitrogens with two attached hydrogens (primary N) is 1. The fraction of sp³-hybridized carbons (Fsp3) is 0.261. The Kier molecular flexibility index (Phi) is 5.13. The predicted octanol–water partition coefficient (Wildman–Crippen LogP) is 2.94. The van der Waals surface area contributed by atoms with Crippen LogP contribution in [0.3, 0.4) is 0 Å². The minimum atomic E-state index is -0.416. The number of hydrogen-bond donors (Lipinski definition) is 4. The van der Waals surface area contributed by atoms with Crippen LogP contribution in [-0.4, -0.2) is 39.9 Å². The third-order valence-electron chi connectivity index (χ3n) is 5.74. The van der Waals surface area contributed by atoms with Gasteiger partial charge in [-0.3, -0.25) is 5.10 Å². The molecule has 0 bridgehead atoms. The number of nitrogen functional groups attached to an aromatic ring is 1. The number of para-hydroxylation sites is 1. The van der Waals surface area contributed by atoms with Crippen molar-refractivity contribution < 1.29 is 4.74 Å². The Morgan fingerprint density at radius 1 is 1.10 bits per heavy atom. The van der Waals surface area contributed by atoms with Crippen LogP contribution in [0.4, 0.5) is 5.82 Å². The third kappa shape index (κ3) is 4.02. The fourth-order valence-electron chi connectivity index (χ4n) is 4.02. The lowest BCUT2D eigenvalue weighted by Crippen LogP contribution is -2.30. The lowest BCUT2D eigenvalue weighted by Gasteiger charge is -2.23. The summed E-state index contributed by atoms with van der Waals surface area (Å²) in [6.45, 7) is 2.72. The van der Waals surface area contributed by atoms with Crippen molar-refractivity contribution in [2.45, 2.75) is 12.8 Å². The van der Waals surface area contributed by atoms with Gasteiger partial charge in [-0.15, -0.1) is 0 Å². The van der Waals surface area contributed by atoms with E-state index < -0.39 is 5.69 Å². The number of fused-ring (bicyclic) bond motifs is 1. The summed E-state index contributed by atoms with van der Waals surface area (Å²) in [4.78, 5) is 19.4. The van der Waals surface area contributed by atoms with Crippen molar-refractivity contribution in [2.75, 3.05) is 25.4 Å². The molecule has 0 saturated carbocycles. The molecule has 1 fully saturated rings. The third-order valence-corrected chi connectivity index (χ3v) is 5.74. The van der Waals surface area contributed by atoms with Crippen LogP contribution in [0.1, 0.15) is 12.8 Å². The SMILES string of the molecule is Nc1n[nH]c2ccc(-c3cc(-c4ccccc4OCC4CCNCC4)[nH]c(=O)n3)cc12. The molecule has 2 aromatic heterocycles. The zero-order valence-corrected chi connectivity index (χ0v) is 17.0. The molecule has 158 valence electrons. The van der Waals surface area contributed by atoms with Crippen LogP contribution in [0.5, 0.6) is 5.75 Å². The molecule has 0 amide bonds. The standard InChI is InChI=1S/C23H24N6O2/c24-22-17-11-15(5-6-18(17)28-29-22)19-12-20(27-23(30)26-19)16-3-1-2-4-21(16)31-13-14-7-9-25-10-8-14/h1-6,11-12,14,25H,7-10,13H2,(H3,24,28,29)(H,26,27,30). The number of H-pyrrole nitrogens is 2. The second-order valence-corrected chi connectivity index (χ2v) is 7.85. The molecule has 0 radical (unpaired) electrons. The fourth-order valence-corrected chi connectivity index (χ4v) is 4.02. The second-order valence-electron chi connectivity index (χ2n) is 7.85. The maximum atomic E-state index is 12.4. The van der Waals surface area contributed by atoms with Crippen molar-refractivity contribution >= 4 is 16.7 Å². The molecule has 0 aliphatic carbocycles. The Morgan fingerprint density at radius 2 is 1.94 bits per heavy atom. The van der Waals surface area contributed by atoms with Gasteiger partial charge in [0, 0.05) is 16.5 Å². The molecule has 0 unspecified atom stereocenters. The van der Waals surface area contributed by atoms with Gasteiger partial charge in [-0.1, -0.05) is 18.2 Å². The summed E-state index contributed by atoms with van der Waals surface area (Å²) < 4.78 is 6.18. The van der Waals surface area contributed by atoms with Crippen molar-refractivity contribution in [3.05, 3.63) is 59.0 Å². The van der Waals surface area contributed by atoms with Crippen LogP contribution in [0.25, 0.3) is 33.4 Å². The lowest BCUT2D eigenvalue weighted by molar-refractivity contribution is 0.216. The lowest BCUT2D eigenvalue weighted by atomic mass is 9.99. The van der Waals surface area contributed by atoms with E-state index in [0.717, 1.165) is 53.7 Å². The molecule has 31 heavy (non-hydrogen) atoms. The Hall–Kier alpha value is -3.65. The zero-order chi connectivity index (χ0) is 21.2. The first-order chi connectivity index (χ1) is 15.2. The average Bonchev–Trinajstić information content (AvgIpc) is 3.18.